The molecule has 0 saturated heterocycles. The fraction of sp³-hybridized carbons (Fsp3) is 0.810. The maximum absolute atomic E-state index is 12.6. The highest BCUT2D eigenvalue weighted by atomic mass is 79.9. The van der Waals surface area contributed by atoms with Crippen molar-refractivity contribution in [2.45, 2.75) is 44.4 Å². The van der Waals surface area contributed by atoms with Gasteiger partial charge in [0.2, 0.25) is 5.91 Å². The normalized spacial score (nSPS) is 14.8. The van der Waals surface area contributed by atoms with E-state index in [0.29, 0.717) is 6.54 Å². The van der Waals surface area contributed by atoms with Crippen LogP contribution in [0.15, 0.2) is 0 Å². The minimum absolute atomic E-state index is 0.0517. The van der Waals surface area contributed by atoms with Crippen molar-refractivity contribution in [2.24, 2.45) is 11.3 Å². The largest absolute Gasteiger partial charge is 0.477 e. The molecule has 0 aliphatic rings. The highest BCUT2D eigenvalue weighted by molar-refractivity contribution is 9.10. The Labute approximate surface area is 198 Å². The predicted octanol–water partition coefficient (Wildman–Crippen LogP) is 0.938. The molecule has 32 heavy (non-hydrogen) atoms. The van der Waals surface area contributed by atoms with Crippen LogP contribution < -0.4 is 5.32 Å². The van der Waals surface area contributed by atoms with Gasteiger partial charge in [0.25, 0.3) is 0 Å². The molecule has 2 atom stereocenters. The van der Waals surface area contributed by atoms with Gasteiger partial charge in [0.1, 0.15) is 17.5 Å². The van der Waals surface area contributed by atoms with Crippen LogP contribution in [0, 0.1) is 11.3 Å². The van der Waals surface area contributed by atoms with Crippen LogP contribution in [0.5, 0.6) is 0 Å². The first-order valence-corrected chi connectivity index (χ1v) is 11.2. The van der Waals surface area contributed by atoms with E-state index in [1.54, 1.807) is 34.9 Å². The second-order valence-corrected chi connectivity index (χ2v) is 11.1. The van der Waals surface area contributed by atoms with Crippen LogP contribution in [0.3, 0.4) is 0 Å². The molecule has 0 heterocycles. The molecule has 0 saturated carbocycles. The lowest BCUT2D eigenvalue weighted by Crippen LogP contribution is -2.46. The first-order chi connectivity index (χ1) is 14.6. The number of carboxylic acid groups (broad SMARTS) is 1. The summed E-state index contributed by atoms with van der Waals surface area (Å²) in [7, 11) is 4.74. The van der Waals surface area contributed by atoms with E-state index in [1.165, 1.54) is 7.11 Å². The molecule has 186 valence electrons. The number of rotatable bonds is 15. The number of ether oxygens (including phenoxy) is 2. The zero-order chi connectivity index (χ0) is 25.2. The van der Waals surface area contributed by atoms with Crippen LogP contribution in [0.1, 0.15) is 40.0 Å². The smallest absolute Gasteiger partial charge is 0.359 e. The summed E-state index contributed by atoms with van der Waals surface area (Å²) >= 11 is 3.38. The number of esters is 2. The molecule has 0 aliphatic heterocycles. The number of likely N-dealkylation sites (N-methyl/N-ethyl adjacent to an activating group) is 1. The number of aliphatic carboxylic acids is 1. The first kappa shape index (κ1) is 30.3. The summed E-state index contributed by atoms with van der Waals surface area (Å²) in [5, 5.41) is 20.5. The van der Waals surface area contributed by atoms with Gasteiger partial charge in [0.05, 0.1) is 33.2 Å². The molecule has 0 radical (unpaired) electrons. The molecule has 3 N–H and O–H groups in total. The van der Waals surface area contributed by atoms with Gasteiger partial charge in [-0.25, -0.2) is 4.79 Å². The molecule has 10 nitrogen and oxygen atoms in total. The highest BCUT2D eigenvalue weighted by Crippen LogP contribution is 2.33. The van der Waals surface area contributed by atoms with Gasteiger partial charge in [-0.15, -0.1) is 0 Å². The van der Waals surface area contributed by atoms with Crippen molar-refractivity contribution < 1.29 is 43.3 Å². The predicted molar refractivity (Wildman–Crippen MR) is 121 cm³/mol. The summed E-state index contributed by atoms with van der Waals surface area (Å²) in [5.74, 6) is -2.81. The molecule has 2 unspecified atom stereocenters. The Morgan fingerprint density at radius 3 is 2.22 bits per heavy atom. The standard InChI is InChI=1S/C21H37BrN2O8/c1-20(2,18(29)31-6)13-15(17(28)23-9-11-25)7-8-21(3,22)19(30)32-12-10-24(4,5)14-16(26)27/h15,25H,7-14H2,1-6H3,(H-,23,26,27,28)/p+1. The van der Waals surface area contributed by atoms with Gasteiger partial charge in [-0.2, -0.15) is 0 Å². The number of hydrogen-bond acceptors (Lipinski definition) is 7. The van der Waals surface area contributed by atoms with Crippen molar-refractivity contribution in [1.29, 1.82) is 0 Å². The molecule has 0 fully saturated rings. The number of hydrogen-bond donors (Lipinski definition) is 3. The molecule has 0 bridgehead atoms. The van der Waals surface area contributed by atoms with Crippen LogP contribution in [-0.2, 0) is 28.7 Å². The monoisotopic (exact) mass is 525 g/mol. The van der Waals surface area contributed by atoms with E-state index in [9.17, 15) is 19.2 Å². The third-order valence-corrected chi connectivity index (χ3v) is 5.88. The summed E-state index contributed by atoms with van der Waals surface area (Å²) in [6, 6.07) is 0. The minimum Gasteiger partial charge on any atom is -0.477 e. The van der Waals surface area contributed by atoms with Gasteiger partial charge in [-0.3, -0.25) is 14.4 Å². The number of aliphatic hydroxyl groups is 1. The summed E-state index contributed by atoms with van der Waals surface area (Å²) in [5.41, 5.74) is -0.910. The summed E-state index contributed by atoms with van der Waals surface area (Å²) < 4.78 is 9.26. The number of carboxylic acids is 1. The number of carbonyl (C=O) groups is 4. The lowest BCUT2D eigenvalue weighted by atomic mass is 9.79. The number of carbonyl (C=O) groups excluding carboxylic acids is 3. The average molecular weight is 526 g/mol. The summed E-state index contributed by atoms with van der Waals surface area (Å²) in [6.45, 7) is 5.18. The number of amides is 1. The Bertz CT molecular complexity index is 664. The van der Waals surface area contributed by atoms with E-state index in [4.69, 9.17) is 19.7 Å². The molecule has 1 amide bonds. The fourth-order valence-corrected chi connectivity index (χ4v) is 3.50. The van der Waals surface area contributed by atoms with Gasteiger partial charge in [-0.1, -0.05) is 15.9 Å². The quantitative estimate of drug-likeness (QED) is 0.163. The van der Waals surface area contributed by atoms with Crippen molar-refractivity contribution in [3.05, 3.63) is 0 Å². The van der Waals surface area contributed by atoms with Gasteiger partial charge in [0, 0.05) is 12.5 Å². The molecule has 0 aromatic carbocycles. The molecule has 11 heteroatoms. The fourth-order valence-electron chi connectivity index (χ4n) is 3.15. The number of nitrogens with zero attached hydrogens (tertiary/aromatic N) is 1. The highest BCUT2D eigenvalue weighted by Gasteiger charge is 2.38. The zero-order valence-corrected chi connectivity index (χ0v) is 21.5. The third-order valence-electron chi connectivity index (χ3n) is 5.16. The van der Waals surface area contributed by atoms with E-state index in [-0.39, 0.29) is 56.0 Å². The van der Waals surface area contributed by atoms with Crippen LogP contribution in [-0.4, -0.2) is 96.9 Å². The molecule has 0 aromatic rings. The number of methoxy groups -OCH3 is 1. The Balaban J connectivity index is 5.06. The van der Waals surface area contributed by atoms with Gasteiger partial charge in [0.15, 0.2) is 6.54 Å². The van der Waals surface area contributed by atoms with Crippen molar-refractivity contribution in [2.75, 3.05) is 54.1 Å². The first-order valence-electron chi connectivity index (χ1n) is 10.4. The van der Waals surface area contributed by atoms with Crippen LogP contribution in [0.25, 0.3) is 0 Å². The Morgan fingerprint density at radius 2 is 1.72 bits per heavy atom. The van der Waals surface area contributed by atoms with E-state index in [1.807, 2.05) is 0 Å². The summed E-state index contributed by atoms with van der Waals surface area (Å²) in [4.78, 5) is 48.1. The Hall–Kier alpha value is -1.72. The molecule has 0 rings (SSSR count). The van der Waals surface area contributed by atoms with Crippen molar-refractivity contribution >= 4 is 39.7 Å². The maximum Gasteiger partial charge on any atom is 0.359 e. The van der Waals surface area contributed by atoms with Crippen LogP contribution >= 0.6 is 15.9 Å². The van der Waals surface area contributed by atoms with Crippen molar-refractivity contribution in [3.8, 4) is 0 Å². The number of nitrogens with one attached hydrogen (secondary N) is 1. The number of alkyl halides is 1. The van der Waals surface area contributed by atoms with Gasteiger partial charge in [-0.05, 0) is 40.0 Å². The molecule has 0 spiro atoms. The Morgan fingerprint density at radius 1 is 1.12 bits per heavy atom. The third kappa shape index (κ3) is 11.2. The van der Waals surface area contributed by atoms with E-state index in [0.717, 1.165) is 0 Å². The second-order valence-electron chi connectivity index (χ2n) is 9.37. The van der Waals surface area contributed by atoms with E-state index in [2.05, 4.69) is 21.2 Å². The lowest BCUT2D eigenvalue weighted by Gasteiger charge is -2.30. The number of quaternary nitrogens is 1. The maximum atomic E-state index is 12.6. The van der Waals surface area contributed by atoms with Gasteiger partial charge >= 0.3 is 17.9 Å². The van der Waals surface area contributed by atoms with Crippen LogP contribution in [0.2, 0.25) is 0 Å². The minimum atomic E-state index is -1.07. The Kier molecular flexibility index (Phi) is 12.4. The topological polar surface area (TPSA) is 139 Å². The number of halogens is 1. The van der Waals surface area contributed by atoms with Crippen LogP contribution in [0.4, 0.5) is 0 Å². The molecular formula is C21H38BrN2O8+. The molecule has 0 aliphatic carbocycles. The molecule has 0 aromatic heterocycles. The second kappa shape index (κ2) is 13.1. The number of aliphatic hydroxyl groups excluding tert-OH is 1. The van der Waals surface area contributed by atoms with Gasteiger partial charge < -0.3 is 29.5 Å². The van der Waals surface area contributed by atoms with Crippen molar-refractivity contribution in [3.63, 3.8) is 0 Å². The summed E-state index contributed by atoms with van der Waals surface area (Å²) in [6.07, 6.45) is 0.749. The van der Waals surface area contributed by atoms with E-state index >= 15 is 0 Å². The molecular weight excluding hydrogens is 488 g/mol. The zero-order valence-electron chi connectivity index (χ0n) is 19.9. The SMILES string of the molecule is COC(=O)C(C)(C)CC(CCC(C)(Br)C(=O)OCC[N+](C)(C)CC(=O)O)C(=O)NCCO. The average Bonchev–Trinajstić information content (AvgIpc) is 2.67. The lowest BCUT2D eigenvalue weighted by molar-refractivity contribution is -0.883. The van der Waals surface area contributed by atoms with Crippen molar-refractivity contribution in [1.82, 2.24) is 5.32 Å². The van der Waals surface area contributed by atoms with E-state index < -0.39 is 33.6 Å².